The van der Waals surface area contributed by atoms with Crippen LogP contribution in [0, 0.1) is 23.7 Å². The predicted molar refractivity (Wildman–Crippen MR) is 54.7 cm³/mol. The summed E-state index contributed by atoms with van der Waals surface area (Å²) in [5.41, 5.74) is 0. The van der Waals surface area contributed by atoms with Crippen LogP contribution in [0.4, 0.5) is 0 Å². The standard InChI is InChI=1S/C12H19NO/c14-12-11-3-1-2-8-4-5-9(8)6-10(11)7-13-12/h8-11H,1-7H2,(H,13,14)/t8-,9-,10+,11?/m0/s1. The first-order chi connectivity index (χ1) is 6.84. The number of hydrogen-bond acceptors (Lipinski definition) is 1. The lowest BCUT2D eigenvalue weighted by Crippen LogP contribution is -2.32. The molecule has 2 aliphatic carbocycles. The summed E-state index contributed by atoms with van der Waals surface area (Å²) in [4.78, 5) is 11.6. The van der Waals surface area contributed by atoms with Crippen molar-refractivity contribution in [2.24, 2.45) is 23.7 Å². The van der Waals surface area contributed by atoms with Crippen LogP contribution in [-0.4, -0.2) is 12.5 Å². The first kappa shape index (κ1) is 8.75. The van der Waals surface area contributed by atoms with E-state index < -0.39 is 0 Å². The lowest BCUT2D eigenvalue weighted by atomic mass is 9.64. The third-order valence-electron chi connectivity index (χ3n) is 4.71. The highest BCUT2D eigenvalue weighted by atomic mass is 16.2. The van der Waals surface area contributed by atoms with Gasteiger partial charge in [-0.3, -0.25) is 4.79 Å². The fourth-order valence-electron chi connectivity index (χ4n) is 3.65. The summed E-state index contributed by atoms with van der Waals surface area (Å²) in [5.74, 6) is 3.38. The zero-order chi connectivity index (χ0) is 9.54. The minimum Gasteiger partial charge on any atom is -0.356 e. The molecule has 1 heterocycles. The van der Waals surface area contributed by atoms with Gasteiger partial charge in [0.15, 0.2) is 0 Å². The molecule has 3 rings (SSSR count). The number of carbonyl (C=O) groups excluding carboxylic acids is 1. The molecular weight excluding hydrogens is 174 g/mol. The Hall–Kier alpha value is -0.530. The van der Waals surface area contributed by atoms with Crippen molar-refractivity contribution in [3.8, 4) is 0 Å². The third kappa shape index (κ3) is 1.27. The first-order valence-electron chi connectivity index (χ1n) is 6.12. The van der Waals surface area contributed by atoms with E-state index in [1.54, 1.807) is 0 Å². The van der Waals surface area contributed by atoms with Crippen molar-refractivity contribution in [3.05, 3.63) is 0 Å². The molecule has 0 radical (unpaired) electrons. The van der Waals surface area contributed by atoms with Gasteiger partial charge in [-0.1, -0.05) is 12.8 Å². The zero-order valence-electron chi connectivity index (χ0n) is 8.67. The summed E-state index contributed by atoms with van der Waals surface area (Å²) in [5, 5.41) is 3.04. The summed E-state index contributed by atoms with van der Waals surface area (Å²) >= 11 is 0. The van der Waals surface area contributed by atoms with Crippen LogP contribution in [0.5, 0.6) is 0 Å². The molecule has 0 aromatic rings. The normalized spacial score (nSPS) is 46.7. The van der Waals surface area contributed by atoms with Crippen LogP contribution in [0.1, 0.15) is 38.5 Å². The average Bonchev–Trinajstić information content (AvgIpc) is 2.47. The van der Waals surface area contributed by atoms with Crippen molar-refractivity contribution < 1.29 is 4.79 Å². The lowest BCUT2D eigenvalue weighted by Gasteiger charge is -2.41. The quantitative estimate of drug-likeness (QED) is 0.626. The molecule has 0 spiro atoms. The van der Waals surface area contributed by atoms with Crippen LogP contribution in [0.3, 0.4) is 0 Å². The average molecular weight is 193 g/mol. The molecule has 3 aliphatic rings. The Kier molecular flexibility index (Phi) is 2.03. The number of nitrogens with one attached hydrogen (secondary N) is 1. The molecule has 1 amide bonds. The van der Waals surface area contributed by atoms with Gasteiger partial charge in [0.2, 0.25) is 5.91 Å². The van der Waals surface area contributed by atoms with Gasteiger partial charge in [-0.25, -0.2) is 0 Å². The second kappa shape index (κ2) is 3.25. The summed E-state index contributed by atoms with van der Waals surface area (Å²) in [6.45, 7) is 0.965. The van der Waals surface area contributed by atoms with E-state index in [9.17, 15) is 4.79 Å². The fraction of sp³-hybridized carbons (Fsp3) is 0.917. The van der Waals surface area contributed by atoms with E-state index in [0.717, 1.165) is 24.8 Å². The van der Waals surface area contributed by atoms with Crippen LogP contribution in [0.2, 0.25) is 0 Å². The molecule has 78 valence electrons. The molecule has 1 saturated heterocycles. The molecule has 2 heteroatoms. The molecule has 3 fully saturated rings. The van der Waals surface area contributed by atoms with Crippen molar-refractivity contribution in [2.45, 2.75) is 38.5 Å². The molecular formula is C12H19NO. The van der Waals surface area contributed by atoms with E-state index in [1.165, 1.54) is 32.1 Å². The fourth-order valence-corrected chi connectivity index (χ4v) is 3.65. The summed E-state index contributed by atoms with van der Waals surface area (Å²) in [6, 6.07) is 0. The Morgan fingerprint density at radius 1 is 1.00 bits per heavy atom. The van der Waals surface area contributed by atoms with E-state index >= 15 is 0 Å². The number of carbonyl (C=O) groups is 1. The Morgan fingerprint density at radius 2 is 1.86 bits per heavy atom. The second-order valence-corrected chi connectivity index (χ2v) is 5.38. The highest BCUT2D eigenvalue weighted by Crippen LogP contribution is 2.46. The summed E-state index contributed by atoms with van der Waals surface area (Å²) in [7, 11) is 0. The highest BCUT2D eigenvalue weighted by molar-refractivity contribution is 5.81. The molecule has 1 unspecified atom stereocenters. The van der Waals surface area contributed by atoms with E-state index in [1.807, 2.05) is 0 Å². The summed E-state index contributed by atoms with van der Waals surface area (Å²) < 4.78 is 0. The SMILES string of the molecule is O=C1NC[C@H]2C[C@@H]3CC[C@@H]3CCCC12. The Bertz CT molecular complexity index is 251. The third-order valence-corrected chi connectivity index (χ3v) is 4.71. The molecule has 2 nitrogen and oxygen atoms in total. The lowest BCUT2D eigenvalue weighted by molar-refractivity contribution is -0.123. The van der Waals surface area contributed by atoms with Gasteiger partial charge in [-0.15, -0.1) is 0 Å². The van der Waals surface area contributed by atoms with Gasteiger partial charge in [0, 0.05) is 12.5 Å². The van der Waals surface area contributed by atoms with Gasteiger partial charge in [0.25, 0.3) is 0 Å². The Morgan fingerprint density at radius 3 is 2.64 bits per heavy atom. The molecule has 14 heavy (non-hydrogen) atoms. The minimum atomic E-state index is 0.341. The van der Waals surface area contributed by atoms with Gasteiger partial charge in [0.1, 0.15) is 0 Å². The van der Waals surface area contributed by atoms with Gasteiger partial charge >= 0.3 is 0 Å². The van der Waals surface area contributed by atoms with E-state index in [4.69, 9.17) is 0 Å². The minimum absolute atomic E-state index is 0.341. The maximum absolute atomic E-state index is 11.6. The number of rotatable bonds is 0. The maximum atomic E-state index is 11.6. The molecule has 4 atom stereocenters. The van der Waals surface area contributed by atoms with E-state index in [0.29, 0.717) is 17.7 Å². The van der Waals surface area contributed by atoms with Crippen molar-refractivity contribution in [3.63, 3.8) is 0 Å². The smallest absolute Gasteiger partial charge is 0.223 e. The molecule has 1 N–H and O–H groups in total. The molecule has 0 bridgehead atoms. The van der Waals surface area contributed by atoms with Crippen LogP contribution in [0.25, 0.3) is 0 Å². The molecule has 0 aromatic carbocycles. The van der Waals surface area contributed by atoms with Crippen LogP contribution >= 0.6 is 0 Å². The zero-order valence-corrected chi connectivity index (χ0v) is 8.67. The predicted octanol–water partition coefficient (Wildman–Crippen LogP) is 1.95. The second-order valence-electron chi connectivity index (χ2n) is 5.38. The molecule has 0 aromatic heterocycles. The van der Waals surface area contributed by atoms with Gasteiger partial charge in [0.05, 0.1) is 0 Å². The van der Waals surface area contributed by atoms with Crippen LogP contribution in [0.15, 0.2) is 0 Å². The number of hydrogen-bond donors (Lipinski definition) is 1. The van der Waals surface area contributed by atoms with Gasteiger partial charge in [-0.2, -0.15) is 0 Å². The van der Waals surface area contributed by atoms with E-state index in [-0.39, 0.29) is 0 Å². The largest absolute Gasteiger partial charge is 0.356 e. The highest BCUT2D eigenvalue weighted by Gasteiger charge is 2.41. The van der Waals surface area contributed by atoms with Crippen LogP contribution in [-0.2, 0) is 4.79 Å². The number of amides is 1. The van der Waals surface area contributed by atoms with E-state index in [2.05, 4.69) is 5.32 Å². The monoisotopic (exact) mass is 193 g/mol. The van der Waals surface area contributed by atoms with Crippen molar-refractivity contribution in [1.29, 1.82) is 0 Å². The van der Waals surface area contributed by atoms with Crippen LogP contribution < -0.4 is 5.32 Å². The Balaban J connectivity index is 1.73. The van der Waals surface area contributed by atoms with Crippen molar-refractivity contribution in [2.75, 3.05) is 6.54 Å². The van der Waals surface area contributed by atoms with Crippen molar-refractivity contribution in [1.82, 2.24) is 5.32 Å². The Labute approximate surface area is 85.4 Å². The van der Waals surface area contributed by atoms with Crippen molar-refractivity contribution >= 4 is 5.91 Å². The van der Waals surface area contributed by atoms with Gasteiger partial charge in [-0.05, 0) is 43.4 Å². The number of fused-ring (bicyclic) bond motifs is 2. The molecule has 2 saturated carbocycles. The molecule has 1 aliphatic heterocycles. The first-order valence-corrected chi connectivity index (χ1v) is 6.12. The van der Waals surface area contributed by atoms with Gasteiger partial charge < -0.3 is 5.32 Å². The summed E-state index contributed by atoms with van der Waals surface area (Å²) in [6.07, 6.45) is 8.05. The maximum Gasteiger partial charge on any atom is 0.223 e. The topological polar surface area (TPSA) is 29.1 Å².